The highest BCUT2D eigenvalue weighted by Gasteiger charge is 2.19. The molecule has 0 saturated carbocycles. The van der Waals surface area contributed by atoms with Crippen molar-refractivity contribution >= 4 is 0 Å². The zero-order valence-electron chi connectivity index (χ0n) is 8.89. The van der Waals surface area contributed by atoms with Gasteiger partial charge in [-0.2, -0.15) is 0 Å². The number of azide groups is 1. The van der Waals surface area contributed by atoms with E-state index < -0.39 is 0 Å². The molecule has 1 aliphatic rings. The predicted molar refractivity (Wildman–Crippen MR) is 55.0 cm³/mol. The molecule has 0 aromatic heterocycles. The molecule has 1 aliphatic heterocycles. The van der Waals surface area contributed by atoms with Crippen molar-refractivity contribution in [3.63, 3.8) is 0 Å². The second-order valence-corrected chi connectivity index (χ2v) is 4.06. The lowest BCUT2D eigenvalue weighted by molar-refractivity contribution is -0.0263. The molecule has 1 rings (SSSR count). The number of nitrogens with zero attached hydrogens (tertiary/aromatic N) is 4. The maximum absolute atomic E-state index is 8.20. The minimum atomic E-state index is 0.0819. The molecule has 1 heterocycles. The fourth-order valence-corrected chi connectivity index (χ4v) is 1.70. The van der Waals surface area contributed by atoms with E-state index in [1.807, 2.05) is 0 Å². The quantitative estimate of drug-likeness (QED) is 0.392. The van der Waals surface area contributed by atoms with Gasteiger partial charge >= 0.3 is 0 Å². The molecular weight excluding hydrogens is 180 g/mol. The fourth-order valence-electron chi connectivity index (χ4n) is 1.70. The lowest BCUT2D eigenvalue weighted by atomic mass is 10.2. The normalized spacial score (nSPS) is 23.5. The molecule has 0 aromatic carbocycles. The SMILES string of the molecule is CC(C)CN1CCOC(CN=[N+]=[N-])C1. The molecule has 5 nitrogen and oxygen atoms in total. The van der Waals surface area contributed by atoms with Crippen LogP contribution in [-0.2, 0) is 4.74 Å². The third-order valence-electron chi connectivity index (χ3n) is 2.19. The highest BCUT2D eigenvalue weighted by Crippen LogP contribution is 2.08. The zero-order chi connectivity index (χ0) is 10.4. The van der Waals surface area contributed by atoms with E-state index in [-0.39, 0.29) is 6.10 Å². The Morgan fingerprint density at radius 1 is 1.64 bits per heavy atom. The van der Waals surface area contributed by atoms with Crippen LogP contribution in [0.3, 0.4) is 0 Å². The molecular formula is C9H18N4O. The highest BCUT2D eigenvalue weighted by molar-refractivity contribution is 4.74. The van der Waals surface area contributed by atoms with Gasteiger partial charge in [-0.25, -0.2) is 0 Å². The summed E-state index contributed by atoms with van der Waals surface area (Å²) < 4.78 is 5.49. The Morgan fingerprint density at radius 2 is 2.43 bits per heavy atom. The molecule has 5 heteroatoms. The van der Waals surface area contributed by atoms with E-state index in [2.05, 4.69) is 28.8 Å². The number of ether oxygens (including phenoxy) is 1. The predicted octanol–water partition coefficient (Wildman–Crippen LogP) is 1.65. The Hall–Kier alpha value is -0.770. The van der Waals surface area contributed by atoms with Crippen LogP contribution in [0.2, 0.25) is 0 Å². The molecule has 80 valence electrons. The molecule has 0 aliphatic carbocycles. The van der Waals surface area contributed by atoms with Crippen LogP contribution in [0.5, 0.6) is 0 Å². The molecule has 0 spiro atoms. The first-order chi connectivity index (χ1) is 6.72. The van der Waals surface area contributed by atoms with E-state index >= 15 is 0 Å². The van der Waals surface area contributed by atoms with Gasteiger partial charge < -0.3 is 4.74 Å². The van der Waals surface area contributed by atoms with E-state index in [0.717, 1.165) is 26.2 Å². The molecule has 0 amide bonds. The van der Waals surface area contributed by atoms with Crippen molar-refractivity contribution in [1.29, 1.82) is 0 Å². The van der Waals surface area contributed by atoms with Gasteiger partial charge in [-0.1, -0.05) is 19.0 Å². The standard InChI is InChI=1S/C9H18N4O/c1-8(2)6-13-3-4-14-9(7-13)5-11-12-10/h8-9H,3-7H2,1-2H3. The summed E-state index contributed by atoms with van der Waals surface area (Å²) in [6.07, 6.45) is 0.0819. The van der Waals surface area contributed by atoms with Gasteiger partial charge in [-0.15, -0.1) is 0 Å². The third kappa shape index (κ3) is 3.96. The van der Waals surface area contributed by atoms with Gasteiger partial charge in [0.2, 0.25) is 0 Å². The Morgan fingerprint density at radius 3 is 3.07 bits per heavy atom. The first kappa shape index (κ1) is 11.3. The van der Waals surface area contributed by atoms with Crippen LogP contribution < -0.4 is 0 Å². The van der Waals surface area contributed by atoms with Gasteiger partial charge in [-0.05, 0) is 11.4 Å². The summed E-state index contributed by atoms with van der Waals surface area (Å²) in [6.45, 7) is 8.58. The first-order valence-corrected chi connectivity index (χ1v) is 5.07. The molecule has 0 aromatic rings. The summed E-state index contributed by atoms with van der Waals surface area (Å²) in [5.74, 6) is 0.674. The molecule has 1 saturated heterocycles. The highest BCUT2D eigenvalue weighted by atomic mass is 16.5. The molecule has 0 N–H and O–H groups in total. The maximum Gasteiger partial charge on any atom is 0.0758 e. The van der Waals surface area contributed by atoms with Crippen molar-refractivity contribution in [3.05, 3.63) is 10.4 Å². The number of rotatable bonds is 4. The summed E-state index contributed by atoms with van der Waals surface area (Å²) in [7, 11) is 0. The monoisotopic (exact) mass is 198 g/mol. The van der Waals surface area contributed by atoms with Crippen molar-refractivity contribution < 1.29 is 4.74 Å². The molecule has 0 bridgehead atoms. The lowest BCUT2D eigenvalue weighted by Crippen LogP contribution is -2.45. The summed E-state index contributed by atoms with van der Waals surface area (Å²) in [4.78, 5) is 5.11. The summed E-state index contributed by atoms with van der Waals surface area (Å²) in [5.41, 5.74) is 8.20. The van der Waals surface area contributed by atoms with Gasteiger partial charge in [0, 0.05) is 24.5 Å². The topological polar surface area (TPSA) is 61.2 Å². The second-order valence-electron chi connectivity index (χ2n) is 4.06. The van der Waals surface area contributed by atoms with Gasteiger partial charge in [0.25, 0.3) is 0 Å². The number of hydrogen-bond acceptors (Lipinski definition) is 3. The van der Waals surface area contributed by atoms with Crippen molar-refractivity contribution in [2.45, 2.75) is 20.0 Å². The lowest BCUT2D eigenvalue weighted by Gasteiger charge is -2.33. The van der Waals surface area contributed by atoms with Crippen molar-refractivity contribution in [2.24, 2.45) is 11.0 Å². The van der Waals surface area contributed by atoms with Gasteiger partial charge in [0.05, 0.1) is 19.3 Å². The number of hydrogen-bond donors (Lipinski definition) is 0. The summed E-state index contributed by atoms with van der Waals surface area (Å²) in [6, 6.07) is 0. The van der Waals surface area contributed by atoms with Crippen LogP contribution >= 0.6 is 0 Å². The van der Waals surface area contributed by atoms with Crippen LogP contribution in [-0.4, -0.2) is 43.8 Å². The zero-order valence-corrected chi connectivity index (χ0v) is 8.89. The van der Waals surface area contributed by atoms with Crippen LogP contribution in [0.15, 0.2) is 5.11 Å². The van der Waals surface area contributed by atoms with Crippen molar-refractivity contribution in [3.8, 4) is 0 Å². The Labute approximate surface area is 84.7 Å². The van der Waals surface area contributed by atoms with Gasteiger partial charge in [0.15, 0.2) is 0 Å². The Kier molecular flexibility index (Phi) is 4.73. The van der Waals surface area contributed by atoms with Crippen LogP contribution in [0, 0.1) is 5.92 Å². The van der Waals surface area contributed by atoms with Gasteiger partial charge in [0.1, 0.15) is 0 Å². The van der Waals surface area contributed by atoms with Crippen molar-refractivity contribution in [1.82, 2.24) is 4.90 Å². The average molecular weight is 198 g/mol. The van der Waals surface area contributed by atoms with E-state index in [1.54, 1.807) is 0 Å². The fraction of sp³-hybridized carbons (Fsp3) is 1.00. The summed E-state index contributed by atoms with van der Waals surface area (Å²) in [5, 5.41) is 3.54. The molecule has 1 unspecified atom stereocenters. The largest absolute Gasteiger partial charge is 0.375 e. The maximum atomic E-state index is 8.20. The third-order valence-corrected chi connectivity index (χ3v) is 2.19. The van der Waals surface area contributed by atoms with Crippen LogP contribution in [0.25, 0.3) is 10.4 Å². The van der Waals surface area contributed by atoms with Crippen molar-refractivity contribution in [2.75, 3.05) is 32.8 Å². The Balaban J connectivity index is 2.31. The average Bonchev–Trinajstić information content (AvgIpc) is 2.14. The minimum Gasteiger partial charge on any atom is -0.375 e. The van der Waals surface area contributed by atoms with Gasteiger partial charge in [-0.3, -0.25) is 4.90 Å². The van der Waals surface area contributed by atoms with E-state index in [0.29, 0.717) is 12.5 Å². The molecule has 14 heavy (non-hydrogen) atoms. The second kappa shape index (κ2) is 5.86. The van der Waals surface area contributed by atoms with E-state index in [4.69, 9.17) is 10.3 Å². The molecule has 0 radical (unpaired) electrons. The molecule has 1 fully saturated rings. The van der Waals surface area contributed by atoms with Crippen LogP contribution in [0.1, 0.15) is 13.8 Å². The summed E-state index contributed by atoms with van der Waals surface area (Å²) >= 11 is 0. The first-order valence-electron chi connectivity index (χ1n) is 5.07. The van der Waals surface area contributed by atoms with E-state index in [9.17, 15) is 0 Å². The van der Waals surface area contributed by atoms with Crippen LogP contribution in [0.4, 0.5) is 0 Å². The number of morpholine rings is 1. The smallest absolute Gasteiger partial charge is 0.0758 e. The van der Waals surface area contributed by atoms with E-state index in [1.165, 1.54) is 0 Å². The minimum absolute atomic E-state index is 0.0819. The molecule has 1 atom stereocenters. The Bertz CT molecular complexity index is 213.